The first-order valence-electron chi connectivity index (χ1n) is 24.3. The summed E-state index contributed by atoms with van der Waals surface area (Å²) in [5, 5.41) is 16.9. The van der Waals surface area contributed by atoms with Gasteiger partial charge in [-0.3, -0.25) is 38.5 Å². The average Bonchev–Trinajstić information content (AvgIpc) is 4.13. The predicted molar refractivity (Wildman–Crippen MR) is 248 cm³/mol. The van der Waals surface area contributed by atoms with Crippen LogP contribution in [-0.4, -0.2) is 149 Å². The second-order valence-electron chi connectivity index (χ2n) is 19.4. The number of rotatable bonds is 24. The molecule has 1 aliphatic carbocycles. The van der Waals surface area contributed by atoms with Gasteiger partial charge in [-0.25, -0.2) is 0 Å². The SMILES string of the molecule is CC[C@H](C)[C@@H]([C@@H](CC(=O)N1CCC[C@H]1[C@H](OC)[C@@H](C)C(=O)N[C@H](C)[C@@H](O)c1ccccc1)OC)N(C)C(=O)[C@@H](NC(=O)C1[C@H]2CC[C@@H](C2)N1C(=O)CCCCCN1C(=O)C=CC1=O)C(C)C. The molecule has 1 aromatic rings. The average molecular weight is 921 g/mol. The number of piperidine rings is 1. The number of methoxy groups -OCH3 is 2. The van der Waals surface area contributed by atoms with Crippen LogP contribution in [0.15, 0.2) is 42.5 Å². The van der Waals surface area contributed by atoms with Crippen molar-refractivity contribution in [3.63, 3.8) is 0 Å². The smallest absolute Gasteiger partial charge is 0.253 e. The Bertz CT molecular complexity index is 1880. The van der Waals surface area contributed by atoms with Crippen LogP contribution in [0.3, 0.4) is 0 Å². The van der Waals surface area contributed by atoms with Crippen molar-refractivity contribution in [1.82, 2.24) is 30.2 Å². The van der Waals surface area contributed by atoms with E-state index in [1.54, 1.807) is 42.7 Å². The summed E-state index contributed by atoms with van der Waals surface area (Å²) in [5.74, 6) is -2.90. The minimum atomic E-state index is -0.904. The highest BCUT2D eigenvalue weighted by Crippen LogP contribution is 2.43. The van der Waals surface area contributed by atoms with Crippen LogP contribution >= 0.6 is 0 Å². The molecule has 2 bridgehead atoms. The van der Waals surface area contributed by atoms with E-state index < -0.39 is 48.4 Å². The van der Waals surface area contributed by atoms with E-state index in [9.17, 15) is 38.7 Å². The highest BCUT2D eigenvalue weighted by atomic mass is 16.5. The van der Waals surface area contributed by atoms with Gasteiger partial charge in [-0.05, 0) is 75.2 Å². The molecule has 16 nitrogen and oxygen atoms in total. The van der Waals surface area contributed by atoms with Gasteiger partial charge in [-0.2, -0.15) is 0 Å². The summed E-state index contributed by atoms with van der Waals surface area (Å²) < 4.78 is 12.0. The molecule has 5 rings (SSSR count). The zero-order valence-corrected chi connectivity index (χ0v) is 40.6. The van der Waals surface area contributed by atoms with Crippen LogP contribution in [0.5, 0.6) is 0 Å². The number of fused-ring (bicyclic) bond motifs is 2. The lowest BCUT2D eigenvalue weighted by molar-refractivity contribution is -0.149. The first kappa shape index (κ1) is 52.3. The minimum absolute atomic E-state index is 0.00313. The second-order valence-corrected chi connectivity index (χ2v) is 19.4. The van der Waals surface area contributed by atoms with Gasteiger partial charge < -0.3 is 39.9 Å². The van der Waals surface area contributed by atoms with Crippen molar-refractivity contribution in [2.75, 3.05) is 34.4 Å². The van der Waals surface area contributed by atoms with Gasteiger partial charge in [0.25, 0.3) is 11.8 Å². The summed E-state index contributed by atoms with van der Waals surface area (Å²) in [6.07, 6.45) is 6.76. The fourth-order valence-corrected chi connectivity index (χ4v) is 10.8. The molecule has 1 unspecified atom stereocenters. The predicted octanol–water partition coefficient (Wildman–Crippen LogP) is 4.15. The number of amides is 7. The number of imide groups is 1. The lowest BCUT2D eigenvalue weighted by Crippen LogP contribution is -2.60. The normalized spacial score (nSPS) is 24.0. The maximum absolute atomic E-state index is 14.7. The molecule has 4 aliphatic rings. The highest BCUT2D eigenvalue weighted by Gasteiger charge is 2.52. The van der Waals surface area contributed by atoms with E-state index in [0.29, 0.717) is 50.8 Å². The highest BCUT2D eigenvalue weighted by molar-refractivity contribution is 6.12. The molecule has 3 N–H and O–H groups in total. The number of unbranched alkanes of at least 4 members (excludes halogenated alkanes) is 2. The first-order chi connectivity index (χ1) is 31.4. The molecular formula is C50H76N6O10. The fourth-order valence-electron chi connectivity index (χ4n) is 10.8. The lowest BCUT2D eigenvalue weighted by Gasteiger charge is -2.41. The van der Waals surface area contributed by atoms with E-state index in [-0.39, 0.29) is 84.0 Å². The quantitative estimate of drug-likeness (QED) is 0.100. The van der Waals surface area contributed by atoms with Crippen molar-refractivity contribution < 1.29 is 48.1 Å². The zero-order valence-electron chi connectivity index (χ0n) is 40.6. The van der Waals surface area contributed by atoms with Crippen LogP contribution < -0.4 is 10.6 Å². The van der Waals surface area contributed by atoms with Crippen LogP contribution in [0.1, 0.15) is 124 Å². The maximum Gasteiger partial charge on any atom is 0.253 e. The number of hydrogen-bond donors (Lipinski definition) is 3. The Morgan fingerprint density at radius 2 is 1.56 bits per heavy atom. The van der Waals surface area contributed by atoms with Gasteiger partial charge in [0.15, 0.2) is 0 Å². The molecule has 12 atom stereocenters. The molecule has 0 spiro atoms. The van der Waals surface area contributed by atoms with Gasteiger partial charge in [-0.15, -0.1) is 0 Å². The molecule has 7 amide bonds. The monoisotopic (exact) mass is 921 g/mol. The first-order valence-corrected chi connectivity index (χ1v) is 24.3. The molecule has 66 heavy (non-hydrogen) atoms. The summed E-state index contributed by atoms with van der Waals surface area (Å²) in [6, 6.07) is 6.03. The van der Waals surface area contributed by atoms with Crippen LogP contribution in [0.25, 0.3) is 0 Å². The molecule has 1 saturated carbocycles. The van der Waals surface area contributed by atoms with Crippen molar-refractivity contribution in [3.8, 4) is 0 Å². The number of benzene rings is 1. The van der Waals surface area contributed by atoms with E-state index in [1.807, 2.05) is 58.0 Å². The number of ether oxygens (including phenoxy) is 2. The Labute approximate surface area is 391 Å². The van der Waals surface area contributed by atoms with Gasteiger partial charge in [0.05, 0.1) is 48.8 Å². The lowest BCUT2D eigenvalue weighted by atomic mass is 9.89. The van der Waals surface area contributed by atoms with E-state index >= 15 is 0 Å². The summed E-state index contributed by atoms with van der Waals surface area (Å²) >= 11 is 0. The molecule has 0 aromatic heterocycles. The Morgan fingerprint density at radius 3 is 2.18 bits per heavy atom. The van der Waals surface area contributed by atoms with Gasteiger partial charge in [0, 0.05) is 59.0 Å². The van der Waals surface area contributed by atoms with Crippen molar-refractivity contribution in [1.29, 1.82) is 0 Å². The van der Waals surface area contributed by atoms with Gasteiger partial charge in [0.2, 0.25) is 29.5 Å². The third-order valence-corrected chi connectivity index (χ3v) is 14.8. The summed E-state index contributed by atoms with van der Waals surface area (Å²) in [5.41, 5.74) is 0.693. The van der Waals surface area contributed by atoms with E-state index in [1.165, 1.54) is 24.2 Å². The number of likely N-dealkylation sites (N-methyl/N-ethyl adjacent to an activating group) is 1. The van der Waals surface area contributed by atoms with Crippen LogP contribution in [-0.2, 0) is 43.0 Å². The van der Waals surface area contributed by atoms with E-state index in [2.05, 4.69) is 10.6 Å². The largest absolute Gasteiger partial charge is 0.386 e. The number of likely N-dealkylation sites (tertiary alicyclic amines) is 2. The van der Waals surface area contributed by atoms with Gasteiger partial charge in [0.1, 0.15) is 12.1 Å². The molecule has 3 fully saturated rings. The van der Waals surface area contributed by atoms with E-state index in [0.717, 1.165) is 25.7 Å². The number of hydrogen-bond acceptors (Lipinski definition) is 10. The van der Waals surface area contributed by atoms with Crippen molar-refractivity contribution >= 4 is 41.4 Å². The summed E-state index contributed by atoms with van der Waals surface area (Å²) in [6.45, 7) is 12.1. The number of nitrogens with one attached hydrogen (secondary N) is 2. The molecule has 16 heteroatoms. The zero-order chi connectivity index (χ0) is 48.4. The number of aliphatic hydroxyl groups excluding tert-OH is 1. The molecule has 1 aromatic carbocycles. The maximum atomic E-state index is 14.7. The molecule has 0 radical (unpaired) electrons. The van der Waals surface area contributed by atoms with E-state index in [4.69, 9.17) is 9.47 Å². The molecule has 3 aliphatic heterocycles. The number of carbonyl (C=O) groups is 7. The molecule has 3 heterocycles. The standard InChI is InChI=1S/C50H76N6O10/c1-10-31(4)44(38(65-8)29-42(60)54-27-17-20-37(54)47(66-9)32(5)48(62)51-33(6)46(61)34-18-13-11-14-19-34)53(7)50(64)43(30(2)3)52-49(63)45-35-22-23-36(28-35)56(45)41(59)21-15-12-16-26-55-39(57)24-25-40(55)58/h11,13-14,18-19,24-25,30-33,35-38,43-47,61H,10,12,15-17,20-23,26-29H2,1-9H3,(H,51,62)(H,52,63)/t31-,32+,33+,35-,36-,37-,38+,43-,44-,45?,46+,47+/m0/s1. The van der Waals surface area contributed by atoms with Gasteiger partial charge >= 0.3 is 0 Å². The third kappa shape index (κ3) is 12.1. The van der Waals surface area contributed by atoms with Crippen molar-refractivity contribution in [2.45, 2.75) is 167 Å². The Morgan fingerprint density at radius 1 is 0.879 bits per heavy atom. The Hall–Kier alpha value is -4.67. The number of nitrogens with zero attached hydrogens (tertiary/aromatic N) is 4. The Balaban J connectivity index is 1.22. The van der Waals surface area contributed by atoms with Crippen molar-refractivity contribution in [3.05, 3.63) is 48.0 Å². The fraction of sp³-hybridized carbons (Fsp3) is 0.700. The van der Waals surface area contributed by atoms with Crippen molar-refractivity contribution in [2.24, 2.45) is 23.7 Å². The topological polar surface area (TPSA) is 195 Å². The van der Waals surface area contributed by atoms with Crippen LogP contribution in [0.2, 0.25) is 0 Å². The van der Waals surface area contributed by atoms with Gasteiger partial charge in [-0.1, -0.05) is 77.8 Å². The minimum Gasteiger partial charge on any atom is -0.386 e. The number of carbonyl (C=O) groups excluding carboxylic acids is 7. The Kier molecular flexibility index (Phi) is 18.9. The molecule has 2 saturated heterocycles. The summed E-state index contributed by atoms with van der Waals surface area (Å²) in [4.78, 5) is 101. The second kappa shape index (κ2) is 23.9. The van der Waals surface area contributed by atoms with Crippen LogP contribution in [0, 0.1) is 23.7 Å². The molecule has 366 valence electrons. The summed E-state index contributed by atoms with van der Waals surface area (Å²) in [7, 11) is 4.78. The van der Waals surface area contributed by atoms with Crippen LogP contribution in [0.4, 0.5) is 0 Å². The number of aliphatic hydroxyl groups is 1. The molecular weight excluding hydrogens is 845 g/mol. The third-order valence-electron chi connectivity index (χ3n) is 14.8.